The summed E-state index contributed by atoms with van der Waals surface area (Å²) in [6, 6.07) is 0. The third-order valence-corrected chi connectivity index (χ3v) is 1.15. The van der Waals surface area contributed by atoms with Crippen LogP contribution < -0.4 is 0 Å². The monoisotopic (exact) mass is 220 g/mol. The van der Waals surface area contributed by atoms with Crippen molar-refractivity contribution in [3.63, 3.8) is 0 Å². The van der Waals surface area contributed by atoms with Crippen molar-refractivity contribution in [2.24, 2.45) is 0 Å². The number of aliphatic hydroxyl groups is 3. The van der Waals surface area contributed by atoms with Crippen LogP contribution in [-0.4, -0.2) is 25.1 Å². The molecule has 0 amide bonds. The first kappa shape index (κ1) is 11.5. The van der Waals surface area contributed by atoms with Crippen molar-refractivity contribution in [2.45, 2.75) is 16.2 Å². The van der Waals surface area contributed by atoms with Crippen molar-refractivity contribution in [1.82, 2.24) is 0 Å². The Morgan fingerprint density at radius 1 is 1.09 bits per heavy atom. The maximum atomic E-state index is 8.31. The molecule has 0 heterocycles. The molecule has 0 aliphatic rings. The number of rotatable bonds is 2. The van der Waals surface area contributed by atoms with Gasteiger partial charge in [0.1, 0.15) is 0 Å². The van der Waals surface area contributed by atoms with Gasteiger partial charge in [0, 0.05) is 12.5 Å². The van der Waals surface area contributed by atoms with Gasteiger partial charge in [-0.2, -0.15) is 0 Å². The van der Waals surface area contributed by atoms with E-state index in [0.717, 1.165) is 6.08 Å². The van der Waals surface area contributed by atoms with Crippen molar-refractivity contribution < 1.29 is 15.3 Å². The Balaban J connectivity index is 3.80. The quantitative estimate of drug-likeness (QED) is 0.369. The molecule has 0 aromatic heterocycles. The minimum Gasteiger partial charge on any atom is -0.340 e. The Hall–Kier alpha value is 0.490. The first-order valence-electron chi connectivity index (χ1n) is 2.62. The molecule has 0 saturated heterocycles. The van der Waals surface area contributed by atoms with E-state index in [1.165, 1.54) is 0 Å². The first-order chi connectivity index (χ1) is 4.71. The summed E-state index contributed by atoms with van der Waals surface area (Å²) < 4.78 is -1.48. The molecular weight excluding hydrogens is 214 g/mol. The van der Waals surface area contributed by atoms with E-state index in [4.69, 9.17) is 50.1 Å². The topological polar surface area (TPSA) is 60.7 Å². The van der Waals surface area contributed by atoms with Gasteiger partial charge < -0.3 is 15.3 Å². The Morgan fingerprint density at radius 3 is 1.82 bits per heavy atom. The zero-order valence-electron chi connectivity index (χ0n) is 5.34. The second kappa shape index (κ2) is 3.94. The van der Waals surface area contributed by atoms with Gasteiger partial charge in [0.05, 0.1) is 0 Å². The van der Waals surface area contributed by atoms with Crippen LogP contribution in [-0.2, 0) is 0 Å². The van der Waals surface area contributed by atoms with Crippen molar-refractivity contribution in [2.75, 3.05) is 0 Å². The molecule has 3 nitrogen and oxygen atoms in total. The highest BCUT2D eigenvalue weighted by atomic mass is 35.6. The molecule has 0 unspecified atom stereocenters. The minimum absolute atomic E-state index is 0.0128. The van der Waals surface area contributed by atoms with Crippen LogP contribution in [0.2, 0.25) is 0 Å². The van der Waals surface area contributed by atoms with E-state index in [1.54, 1.807) is 0 Å². The van der Waals surface area contributed by atoms with E-state index in [2.05, 4.69) is 0 Å². The van der Waals surface area contributed by atoms with Gasteiger partial charge in [-0.1, -0.05) is 40.9 Å². The van der Waals surface area contributed by atoms with Gasteiger partial charge in [-0.15, -0.1) is 0 Å². The number of hydrogen-bond acceptors (Lipinski definition) is 3. The third kappa shape index (κ3) is 10.5. The fourth-order valence-corrected chi connectivity index (χ4v) is 0.618. The van der Waals surface area contributed by atoms with Crippen LogP contribution in [0.1, 0.15) is 6.42 Å². The van der Waals surface area contributed by atoms with Gasteiger partial charge in [-0.3, -0.25) is 0 Å². The van der Waals surface area contributed by atoms with Crippen LogP contribution in [0.4, 0.5) is 0 Å². The third-order valence-electron chi connectivity index (χ3n) is 0.691. The van der Waals surface area contributed by atoms with E-state index >= 15 is 0 Å². The van der Waals surface area contributed by atoms with Gasteiger partial charge in [0.15, 0.2) is 3.79 Å². The van der Waals surface area contributed by atoms with Crippen LogP contribution in [0.3, 0.4) is 0 Å². The molecular formula is C5H7Cl3O3. The SMILES string of the molecule is OC(O)(O)C=CCC(Cl)(Cl)Cl. The Bertz CT molecular complexity index is 144. The second-order valence-electron chi connectivity index (χ2n) is 1.91. The summed E-state index contributed by atoms with van der Waals surface area (Å²) in [5.74, 6) is -2.84. The highest BCUT2D eigenvalue weighted by molar-refractivity contribution is 6.67. The van der Waals surface area contributed by atoms with Crippen molar-refractivity contribution in [3.05, 3.63) is 12.2 Å². The van der Waals surface area contributed by atoms with Crippen LogP contribution in [0, 0.1) is 0 Å². The zero-order valence-corrected chi connectivity index (χ0v) is 7.61. The van der Waals surface area contributed by atoms with Crippen LogP contribution in [0.15, 0.2) is 12.2 Å². The van der Waals surface area contributed by atoms with E-state index < -0.39 is 9.77 Å². The molecule has 0 aliphatic heterocycles. The Morgan fingerprint density at radius 2 is 1.55 bits per heavy atom. The summed E-state index contributed by atoms with van der Waals surface area (Å²) in [5.41, 5.74) is 0. The number of allylic oxidation sites excluding steroid dienone is 1. The van der Waals surface area contributed by atoms with E-state index in [0.29, 0.717) is 6.08 Å². The van der Waals surface area contributed by atoms with Gasteiger partial charge >= 0.3 is 0 Å². The fourth-order valence-electron chi connectivity index (χ4n) is 0.351. The summed E-state index contributed by atoms with van der Waals surface area (Å²) in [4.78, 5) is 0. The molecule has 66 valence electrons. The predicted molar refractivity (Wildman–Crippen MR) is 43.4 cm³/mol. The van der Waals surface area contributed by atoms with E-state index in [1.807, 2.05) is 0 Å². The first-order valence-corrected chi connectivity index (χ1v) is 3.76. The summed E-state index contributed by atoms with van der Waals surface area (Å²) >= 11 is 15.9. The van der Waals surface area contributed by atoms with Crippen LogP contribution >= 0.6 is 34.8 Å². The second-order valence-corrected chi connectivity index (χ2v) is 4.43. The molecule has 0 fully saturated rings. The Kier molecular flexibility index (Phi) is 4.11. The van der Waals surface area contributed by atoms with Crippen molar-refractivity contribution in [1.29, 1.82) is 0 Å². The lowest BCUT2D eigenvalue weighted by molar-refractivity contribution is -0.273. The molecule has 6 heteroatoms. The molecule has 0 saturated carbocycles. The molecule has 0 rings (SSSR count). The fraction of sp³-hybridized carbons (Fsp3) is 0.600. The molecule has 0 spiro atoms. The van der Waals surface area contributed by atoms with Crippen molar-refractivity contribution in [3.8, 4) is 0 Å². The van der Waals surface area contributed by atoms with Crippen LogP contribution in [0.25, 0.3) is 0 Å². The molecule has 0 aromatic rings. The molecule has 3 N–H and O–H groups in total. The smallest absolute Gasteiger partial charge is 0.297 e. The highest BCUT2D eigenvalue weighted by Gasteiger charge is 2.18. The predicted octanol–water partition coefficient (Wildman–Crippen LogP) is 0.934. The van der Waals surface area contributed by atoms with Gasteiger partial charge in [-0.05, 0) is 0 Å². The molecule has 0 aliphatic carbocycles. The molecule has 0 radical (unpaired) electrons. The standard InChI is InChI=1S/C5H7Cl3O3/c6-4(7,8)2-1-3-5(9,10)11/h1,3,9-11H,2H2. The summed E-state index contributed by atoms with van der Waals surface area (Å²) in [6.45, 7) is 0. The summed E-state index contributed by atoms with van der Waals surface area (Å²) in [6.07, 6.45) is 1.84. The highest BCUT2D eigenvalue weighted by Crippen LogP contribution is 2.30. The number of halogens is 3. The summed E-state index contributed by atoms with van der Waals surface area (Å²) in [5, 5.41) is 24.9. The molecule has 0 aromatic carbocycles. The maximum Gasteiger partial charge on any atom is 0.297 e. The van der Waals surface area contributed by atoms with E-state index in [9.17, 15) is 0 Å². The average molecular weight is 221 g/mol. The Labute approximate surface area is 78.8 Å². The average Bonchev–Trinajstić information content (AvgIpc) is 1.55. The number of hydrogen-bond donors (Lipinski definition) is 3. The lowest BCUT2D eigenvalue weighted by Crippen LogP contribution is -2.23. The van der Waals surface area contributed by atoms with Gasteiger partial charge in [0.25, 0.3) is 5.97 Å². The van der Waals surface area contributed by atoms with Crippen LogP contribution in [0.5, 0.6) is 0 Å². The lowest BCUT2D eigenvalue weighted by atomic mass is 10.4. The van der Waals surface area contributed by atoms with Crippen molar-refractivity contribution >= 4 is 34.8 Å². The maximum absolute atomic E-state index is 8.31. The zero-order chi connectivity index (χ0) is 9.12. The van der Waals surface area contributed by atoms with Gasteiger partial charge in [0.2, 0.25) is 0 Å². The molecule has 0 atom stereocenters. The largest absolute Gasteiger partial charge is 0.340 e. The normalized spacial score (nSPS) is 14.4. The molecule has 11 heavy (non-hydrogen) atoms. The van der Waals surface area contributed by atoms with E-state index in [-0.39, 0.29) is 6.42 Å². The minimum atomic E-state index is -2.84. The molecule has 0 bridgehead atoms. The number of alkyl halides is 3. The van der Waals surface area contributed by atoms with Gasteiger partial charge in [-0.25, -0.2) is 0 Å². The summed E-state index contributed by atoms with van der Waals surface area (Å²) in [7, 11) is 0. The lowest BCUT2D eigenvalue weighted by Gasteiger charge is -2.09.